The highest BCUT2D eigenvalue weighted by Crippen LogP contribution is 2.24. The van der Waals surface area contributed by atoms with Crippen LogP contribution in [0.25, 0.3) is 0 Å². The van der Waals surface area contributed by atoms with E-state index in [9.17, 15) is 9.90 Å². The minimum Gasteiger partial charge on any atom is -0.393 e. The van der Waals surface area contributed by atoms with Crippen LogP contribution in [0.3, 0.4) is 0 Å². The number of amides is 1. The van der Waals surface area contributed by atoms with Crippen LogP contribution in [0.4, 0.5) is 0 Å². The molecular formula is C12H23N3O2. The minimum absolute atomic E-state index is 0.0889. The second-order valence-corrected chi connectivity index (χ2v) is 5.09. The Kier molecular flexibility index (Phi) is 4.76. The molecule has 1 aliphatic heterocycles. The predicted octanol–water partition coefficient (Wildman–Crippen LogP) is -0.831. The molecule has 1 amide bonds. The van der Waals surface area contributed by atoms with Crippen LogP contribution in [0.1, 0.15) is 19.3 Å². The van der Waals surface area contributed by atoms with Crippen LogP contribution < -0.4 is 10.6 Å². The van der Waals surface area contributed by atoms with Crippen molar-refractivity contribution in [1.82, 2.24) is 15.5 Å². The molecule has 0 aromatic rings. The van der Waals surface area contributed by atoms with Crippen molar-refractivity contribution in [2.24, 2.45) is 5.92 Å². The average Bonchev–Trinajstić information content (AvgIpc) is 2.74. The third-order valence-electron chi connectivity index (χ3n) is 3.76. The maximum absolute atomic E-state index is 11.7. The lowest BCUT2D eigenvalue weighted by molar-refractivity contribution is -0.122. The molecule has 1 saturated heterocycles. The fourth-order valence-electron chi connectivity index (χ4n) is 2.63. The SMILES string of the molecule is O=C(CN1CCNCC1)NCC1CCCC1O. The number of piperazine rings is 1. The number of aliphatic hydroxyl groups excluding tert-OH is 1. The number of carbonyl (C=O) groups excluding carboxylic acids is 1. The van der Waals surface area contributed by atoms with Crippen LogP contribution >= 0.6 is 0 Å². The molecule has 0 aromatic carbocycles. The molecule has 2 atom stereocenters. The molecule has 5 heteroatoms. The van der Waals surface area contributed by atoms with Gasteiger partial charge < -0.3 is 15.7 Å². The molecule has 0 spiro atoms. The van der Waals surface area contributed by atoms with E-state index in [1.807, 2.05) is 0 Å². The van der Waals surface area contributed by atoms with Crippen molar-refractivity contribution in [3.05, 3.63) is 0 Å². The maximum Gasteiger partial charge on any atom is 0.234 e. The number of hydrogen-bond donors (Lipinski definition) is 3. The lowest BCUT2D eigenvalue weighted by Crippen LogP contribution is -2.48. The van der Waals surface area contributed by atoms with Crippen molar-refractivity contribution in [2.45, 2.75) is 25.4 Å². The Bertz CT molecular complexity index is 254. The predicted molar refractivity (Wildman–Crippen MR) is 65.7 cm³/mol. The van der Waals surface area contributed by atoms with Gasteiger partial charge in [-0.15, -0.1) is 0 Å². The normalized spacial score (nSPS) is 30.4. The number of aliphatic hydroxyl groups is 1. The first-order chi connectivity index (χ1) is 8.25. The Morgan fingerprint density at radius 3 is 2.76 bits per heavy atom. The molecule has 2 rings (SSSR count). The van der Waals surface area contributed by atoms with Crippen LogP contribution in [0.2, 0.25) is 0 Å². The van der Waals surface area contributed by atoms with E-state index in [1.54, 1.807) is 0 Å². The van der Waals surface area contributed by atoms with Crippen molar-refractivity contribution < 1.29 is 9.90 Å². The average molecular weight is 241 g/mol. The molecule has 1 heterocycles. The van der Waals surface area contributed by atoms with Crippen molar-refractivity contribution in [1.29, 1.82) is 0 Å². The van der Waals surface area contributed by atoms with E-state index in [-0.39, 0.29) is 17.9 Å². The molecule has 1 saturated carbocycles. The smallest absolute Gasteiger partial charge is 0.234 e. The van der Waals surface area contributed by atoms with Crippen molar-refractivity contribution in [3.8, 4) is 0 Å². The summed E-state index contributed by atoms with van der Waals surface area (Å²) in [5.74, 6) is 0.355. The standard InChI is InChI=1S/C12H23N3O2/c16-11-3-1-2-10(11)8-14-12(17)9-15-6-4-13-5-7-15/h10-11,13,16H,1-9H2,(H,14,17). The number of rotatable bonds is 4. The molecule has 98 valence electrons. The lowest BCUT2D eigenvalue weighted by atomic mass is 10.1. The van der Waals surface area contributed by atoms with E-state index in [1.165, 1.54) is 0 Å². The summed E-state index contributed by atoms with van der Waals surface area (Å²) >= 11 is 0. The highest BCUT2D eigenvalue weighted by Gasteiger charge is 2.25. The van der Waals surface area contributed by atoms with Gasteiger partial charge in [-0.1, -0.05) is 6.42 Å². The molecule has 0 aromatic heterocycles. The number of hydrogen-bond acceptors (Lipinski definition) is 4. The molecule has 2 fully saturated rings. The van der Waals surface area contributed by atoms with Gasteiger partial charge in [-0.25, -0.2) is 0 Å². The van der Waals surface area contributed by atoms with Crippen LogP contribution in [0, 0.1) is 5.92 Å². The monoisotopic (exact) mass is 241 g/mol. The fraction of sp³-hybridized carbons (Fsp3) is 0.917. The zero-order chi connectivity index (χ0) is 12.1. The maximum atomic E-state index is 11.7. The van der Waals surface area contributed by atoms with Gasteiger partial charge in [0.2, 0.25) is 5.91 Å². The first-order valence-electron chi connectivity index (χ1n) is 6.63. The van der Waals surface area contributed by atoms with Crippen LogP contribution in [0.5, 0.6) is 0 Å². The Morgan fingerprint density at radius 2 is 2.12 bits per heavy atom. The highest BCUT2D eigenvalue weighted by atomic mass is 16.3. The summed E-state index contributed by atoms with van der Waals surface area (Å²) in [6.07, 6.45) is 2.79. The van der Waals surface area contributed by atoms with Crippen molar-refractivity contribution in [3.63, 3.8) is 0 Å². The quantitative estimate of drug-likeness (QED) is 0.601. The van der Waals surface area contributed by atoms with Gasteiger partial charge in [-0.05, 0) is 12.8 Å². The molecular weight excluding hydrogens is 218 g/mol. The Labute approximate surface area is 103 Å². The lowest BCUT2D eigenvalue weighted by Gasteiger charge is -2.26. The van der Waals surface area contributed by atoms with E-state index in [2.05, 4.69) is 15.5 Å². The van der Waals surface area contributed by atoms with Gasteiger partial charge in [0.15, 0.2) is 0 Å². The van der Waals surface area contributed by atoms with E-state index in [4.69, 9.17) is 0 Å². The minimum atomic E-state index is -0.213. The largest absolute Gasteiger partial charge is 0.393 e. The molecule has 2 unspecified atom stereocenters. The summed E-state index contributed by atoms with van der Waals surface area (Å²) in [6, 6.07) is 0. The molecule has 3 N–H and O–H groups in total. The summed E-state index contributed by atoms with van der Waals surface area (Å²) in [7, 11) is 0. The Balaban J connectivity index is 1.63. The van der Waals surface area contributed by atoms with Crippen LogP contribution in [0.15, 0.2) is 0 Å². The summed E-state index contributed by atoms with van der Waals surface area (Å²) in [5.41, 5.74) is 0. The number of nitrogens with zero attached hydrogens (tertiary/aromatic N) is 1. The van der Waals surface area contributed by atoms with Gasteiger partial charge in [-0.2, -0.15) is 0 Å². The summed E-state index contributed by atoms with van der Waals surface area (Å²) in [5, 5.41) is 15.9. The summed E-state index contributed by atoms with van der Waals surface area (Å²) in [4.78, 5) is 13.9. The third-order valence-corrected chi connectivity index (χ3v) is 3.76. The zero-order valence-electron chi connectivity index (χ0n) is 10.3. The third kappa shape index (κ3) is 3.94. The summed E-state index contributed by atoms with van der Waals surface area (Å²) < 4.78 is 0. The second kappa shape index (κ2) is 6.33. The second-order valence-electron chi connectivity index (χ2n) is 5.09. The number of carbonyl (C=O) groups is 1. The van der Waals surface area contributed by atoms with Crippen LogP contribution in [-0.2, 0) is 4.79 Å². The first-order valence-corrected chi connectivity index (χ1v) is 6.63. The molecule has 0 radical (unpaired) electrons. The van der Waals surface area contributed by atoms with Crippen molar-refractivity contribution in [2.75, 3.05) is 39.3 Å². The van der Waals surface area contributed by atoms with Gasteiger partial charge in [0.1, 0.15) is 0 Å². The first kappa shape index (κ1) is 12.8. The number of nitrogens with one attached hydrogen (secondary N) is 2. The van der Waals surface area contributed by atoms with E-state index in [0.717, 1.165) is 45.4 Å². The zero-order valence-corrected chi connectivity index (χ0v) is 10.3. The van der Waals surface area contributed by atoms with E-state index in [0.29, 0.717) is 13.1 Å². The van der Waals surface area contributed by atoms with Gasteiger partial charge in [-0.3, -0.25) is 9.69 Å². The van der Waals surface area contributed by atoms with Gasteiger partial charge in [0, 0.05) is 38.6 Å². The van der Waals surface area contributed by atoms with Gasteiger partial charge in [0.25, 0.3) is 0 Å². The Hall–Kier alpha value is -0.650. The molecule has 5 nitrogen and oxygen atoms in total. The summed E-state index contributed by atoms with van der Waals surface area (Å²) in [6.45, 7) is 4.94. The van der Waals surface area contributed by atoms with Gasteiger partial charge in [0.05, 0.1) is 12.6 Å². The Morgan fingerprint density at radius 1 is 1.35 bits per heavy atom. The van der Waals surface area contributed by atoms with E-state index < -0.39 is 0 Å². The molecule has 17 heavy (non-hydrogen) atoms. The topological polar surface area (TPSA) is 64.6 Å². The molecule has 0 bridgehead atoms. The van der Waals surface area contributed by atoms with Crippen LogP contribution in [-0.4, -0.2) is 61.3 Å². The fourth-order valence-corrected chi connectivity index (χ4v) is 2.63. The molecule has 1 aliphatic carbocycles. The van der Waals surface area contributed by atoms with Gasteiger partial charge >= 0.3 is 0 Å². The molecule has 2 aliphatic rings. The highest BCUT2D eigenvalue weighted by molar-refractivity contribution is 5.78. The van der Waals surface area contributed by atoms with Crippen molar-refractivity contribution >= 4 is 5.91 Å². The van der Waals surface area contributed by atoms with E-state index >= 15 is 0 Å².